The Hall–Kier alpha value is -1.04. The molecular formula is C11H13ClO5. The Morgan fingerprint density at radius 1 is 1.59 bits per heavy atom. The van der Waals surface area contributed by atoms with Gasteiger partial charge in [-0.1, -0.05) is 0 Å². The summed E-state index contributed by atoms with van der Waals surface area (Å²) in [5, 5.41) is 0.151. The molecule has 0 saturated carbocycles. The average molecular weight is 261 g/mol. The fraction of sp³-hybridized carbons (Fsp3) is 0.545. The van der Waals surface area contributed by atoms with E-state index < -0.39 is 11.8 Å². The molecule has 1 fully saturated rings. The first kappa shape index (κ1) is 12.4. The monoisotopic (exact) mass is 260 g/mol. The van der Waals surface area contributed by atoms with Crippen molar-refractivity contribution in [3.05, 3.63) is 23.1 Å². The third kappa shape index (κ3) is 3.21. The fourth-order valence-corrected chi connectivity index (χ4v) is 1.66. The Labute approximate surface area is 104 Å². The Kier molecular flexibility index (Phi) is 3.42. The van der Waals surface area contributed by atoms with Gasteiger partial charge in [-0.2, -0.15) is 0 Å². The zero-order valence-corrected chi connectivity index (χ0v) is 10.3. The van der Waals surface area contributed by atoms with E-state index in [-0.39, 0.29) is 23.7 Å². The minimum absolute atomic E-state index is 0.0770. The van der Waals surface area contributed by atoms with Crippen LogP contribution in [0.3, 0.4) is 0 Å². The van der Waals surface area contributed by atoms with Crippen molar-refractivity contribution in [2.24, 2.45) is 0 Å². The van der Waals surface area contributed by atoms with Gasteiger partial charge in [-0.3, -0.25) is 0 Å². The molecule has 2 rings (SSSR count). The first-order chi connectivity index (χ1) is 7.96. The van der Waals surface area contributed by atoms with Gasteiger partial charge in [0.2, 0.25) is 5.76 Å². The molecule has 1 aromatic heterocycles. The molecular weight excluding hydrogens is 248 g/mol. The van der Waals surface area contributed by atoms with Crippen LogP contribution in [0.15, 0.2) is 16.5 Å². The third-order valence-electron chi connectivity index (χ3n) is 2.24. The SMILES string of the molecule is CC1(C)OC[C@H](COC(=O)c2ccc(Cl)o2)O1. The standard InChI is InChI=1S/C11H13ClO5/c1-11(2)15-6-7(17-11)5-14-10(13)8-3-4-9(12)16-8/h3-4,7H,5-6H2,1-2H3/t7-/m0/s1. The summed E-state index contributed by atoms with van der Waals surface area (Å²) in [5.74, 6) is -1.11. The molecule has 0 spiro atoms. The minimum atomic E-state index is -0.620. The second kappa shape index (κ2) is 4.68. The van der Waals surface area contributed by atoms with E-state index >= 15 is 0 Å². The molecule has 0 amide bonds. The summed E-state index contributed by atoms with van der Waals surface area (Å²) in [4.78, 5) is 11.5. The molecule has 1 saturated heterocycles. The summed E-state index contributed by atoms with van der Waals surface area (Å²) in [6.07, 6.45) is -0.251. The van der Waals surface area contributed by atoms with Crippen molar-refractivity contribution in [3.8, 4) is 0 Å². The van der Waals surface area contributed by atoms with Crippen molar-refractivity contribution in [2.45, 2.75) is 25.7 Å². The number of rotatable bonds is 3. The molecule has 0 radical (unpaired) electrons. The van der Waals surface area contributed by atoms with E-state index in [2.05, 4.69) is 0 Å². The van der Waals surface area contributed by atoms with Crippen molar-refractivity contribution < 1.29 is 23.4 Å². The maximum absolute atomic E-state index is 11.5. The average Bonchev–Trinajstić information content (AvgIpc) is 2.81. The van der Waals surface area contributed by atoms with Crippen LogP contribution in [0.25, 0.3) is 0 Å². The number of carbonyl (C=O) groups excluding carboxylic acids is 1. The van der Waals surface area contributed by atoms with E-state index in [1.807, 2.05) is 0 Å². The van der Waals surface area contributed by atoms with Crippen LogP contribution in [0.4, 0.5) is 0 Å². The van der Waals surface area contributed by atoms with Gasteiger partial charge in [0.1, 0.15) is 12.7 Å². The molecule has 0 aromatic carbocycles. The predicted octanol–water partition coefficient (Wildman–Crippen LogP) is 2.24. The van der Waals surface area contributed by atoms with Crippen LogP contribution < -0.4 is 0 Å². The van der Waals surface area contributed by atoms with Crippen LogP contribution >= 0.6 is 11.6 Å². The fourth-order valence-electron chi connectivity index (χ4n) is 1.51. The van der Waals surface area contributed by atoms with Crippen molar-refractivity contribution >= 4 is 17.6 Å². The topological polar surface area (TPSA) is 57.9 Å². The van der Waals surface area contributed by atoms with Gasteiger partial charge in [0.25, 0.3) is 0 Å². The molecule has 5 nitrogen and oxygen atoms in total. The van der Waals surface area contributed by atoms with E-state index in [9.17, 15) is 4.79 Å². The third-order valence-corrected chi connectivity index (χ3v) is 2.45. The van der Waals surface area contributed by atoms with Gasteiger partial charge in [0.15, 0.2) is 11.0 Å². The summed E-state index contributed by atoms with van der Waals surface area (Å²) in [6.45, 7) is 4.14. The van der Waals surface area contributed by atoms with Gasteiger partial charge in [-0.05, 0) is 37.6 Å². The van der Waals surface area contributed by atoms with E-state index in [1.54, 1.807) is 13.8 Å². The predicted molar refractivity (Wildman–Crippen MR) is 58.9 cm³/mol. The van der Waals surface area contributed by atoms with E-state index in [1.165, 1.54) is 12.1 Å². The second-order valence-corrected chi connectivity index (χ2v) is 4.53. The highest BCUT2D eigenvalue weighted by Gasteiger charge is 2.33. The molecule has 6 heteroatoms. The number of hydrogen-bond donors (Lipinski definition) is 0. The highest BCUT2D eigenvalue weighted by molar-refractivity contribution is 6.29. The quantitative estimate of drug-likeness (QED) is 0.780. The zero-order chi connectivity index (χ0) is 12.5. The Morgan fingerprint density at radius 3 is 2.88 bits per heavy atom. The lowest BCUT2D eigenvalue weighted by Gasteiger charge is -2.16. The summed E-state index contributed by atoms with van der Waals surface area (Å²) >= 11 is 5.55. The van der Waals surface area contributed by atoms with Crippen molar-refractivity contribution in [2.75, 3.05) is 13.2 Å². The van der Waals surface area contributed by atoms with Crippen LogP contribution in [0.2, 0.25) is 5.22 Å². The Morgan fingerprint density at radius 2 is 2.35 bits per heavy atom. The molecule has 1 aliphatic heterocycles. The summed E-state index contributed by atoms with van der Waals surface area (Å²) < 4.78 is 20.8. The number of halogens is 1. The lowest BCUT2D eigenvalue weighted by atomic mass is 10.4. The minimum Gasteiger partial charge on any atom is -0.457 e. The van der Waals surface area contributed by atoms with E-state index in [0.29, 0.717) is 6.61 Å². The van der Waals surface area contributed by atoms with Crippen LogP contribution in [0, 0.1) is 0 Å². The van der Waals surface area contributed by atoms with Crippen LogP contribution in [0.5, 0.6) is 0 Å². The van der Waals surface area contributed by atoms with Gasteiger partial charge in [-0.15, -0.1) is 0 Å². The largest absolute Gasteiger partial charge is 0.457 e. The van der Waals surface area contributed by atoms with Gasteiger partial charge in [-0.25, -0.2) is 4.79 Å². The first-order valence-corrected chi connectivity index (χ1v) is 5.58. The molecule has 94 valence electrons. The molecule has 1 aliphatic rings. The molecule has 0 aliphatic carbocycles. The van der Waals surface area contributed by atoms with E-state index in [0.717, 1.165) is 0 Å². The summed E-state index contributed by atoms with van der Waals surface area (Å²) in [6, 6.07) is 2.94. The molecule has 1 atom stereocenters. The molecule has 1 aromatic rings. The normalized spacial score (nSPS) is 22.6. The number of furan rings is 1. The zero-order valence-electron chi connectivity index (χ0n) is 9.57. The highest BCUT2D eigenvalue weighted by atomic mass is 35.5. The first-order valence-electron chi connectivity index (χ1n) is 5.20. The molecule has 0 N–H and O–H groups in total. The number of esters is 1. The van der Waals surface area contributed by atoms with Gasteiger partial charge < -0.3 is 18.6 Å². The van der Waals surface area contributed by atoms with Crippen molar-refractivity contribution in [1.29, 1.82) is 0 Å². The maximum Gasteiger partial charge on any atom is 0.374 e. The Bertz CT molecular complexity index is 412. The smallest absolute Gasteiger partial charge is 0.374 e. The van der Waals surface area contributed by atoms with Gasteiger partial charge in [0, 0.05) is 0 Å². The summed E-state index contributed by atoms with van der Waals surface area (Å²) in [7, 11) is 0. The summed E-state index contributed by atoms with van der Waals surface area (Å²) in [5.41, 5.74) is 0. The number of hydrogen-bond acceptors (Lipinski definition) is 5. The number of ether oxygens (including phenoxy) is 3. The highest BCUT2D eigenvalue weighted by Crippen LogP contribution is 2.22. The molecule has 0 unspecified atom stereocenters. The van der Waals surface area contributed by atoms with Crippen LogP contribution in [-0.4, -0.2) is 31.1 Å². The van der Waals surface area contributed by atoms with Crippen LogP contribution in [-0.2, 0) is 14.2 Å². The lowest BCUT2D eigenvalue weighted by Crippen LogP contribution is -2.25. The molecule has 0 bridgehead atoms. The van der Waals surface area contributed by atoms with Gasteiger partial charge in [0.05, 0.1) is 6.61 Å². The number of carbonyl (C=O) groups is 1. The Balaban J connectivity index is 1.81. The van der Waals surface area contributed by atoms with Crippen molar-refractivity contribution in [1.82, 2.24) is 0 Å². The second-order valence-electron chi connectivity index (χ2n) is 4.15. The lowest BCUT2D eigenvalue weighted by molar-refractivity contribution is -0.142. The van der Waals surface area contributed by atoms with Crippen molar-refractivity contribution in [3.63, 3.8) is 0 Å². The molecule has 2 heterocycles. The molecule has 17 heavy (non-hydrogen) atoms. The van der Waals surface area contributed by atoms with Crippen LogP contribution in [0.1, 0.15) is 24.4 Å². The van der Waals surface area contributed by atoms with E-state index in [4.69, 9.17) is 30.2 Å². The maximum atomic E-state index is 11.5. The van der Waals surface area contributed by atoms with Gasteiger partial charge >= 0.3 is 5.97 Å².